The molecule has 0 aliphatic rings. The maximum Gasteiger partial charge on any atom is -0.0149 e. The van der Waals surface area contributed by atoms with Crippen LogP contribution in [0.2, 0.25) is 0 Å². The average molecular weight is 244 g/mol. The van der Waals surface area contributed by atoms with Crippen LogP contribution in [0.25, 0.3) is 10.8 Å². The summed E-state index contributed by atoms with van der Waals surface area (Å²) in [5.41, 5.74) is 1.48. The smallest absolute Gasteiger partial charge is 0.0149 e. The van der Waals surface area contributed by atoms with Crippen LogP contribution in [0, 0.1) is 0 Å². The van der Waals surface area contributed by atoms with Gasteiger partial charge in [0.2, 0.25) is 0 Å². The molecule has 0 heterocycles. The summed E-state index contributed by atoms with van der Waals surface area (Å²) in [7, 11) is 0. The summed E-state index contributed by atoms with van der Waals surface area (Å²) < 4.78 is 0. The minimum absolute atomic E-state index is 0.654. The second kappa shape index (κ2) is 9.70. The maximum atomic E-state index is 2.29. The monoisotopic (exact) mass is 244 g/mol. The van der Waals surface area contributed by atoms with Crippen molar-refractivity contribution < 1.29 is 0 Å². The first-order chi connectivity index (χ1) is 8.83. The van der Waals surface area contributed by atoms with E-state index < -0.39 is 0 Å². The number of rotatable bonds is 2. The van der Waals surface area contributed by atoms with Crippen molar-refractivity contribution in [2.75, 3.05) is 0 Å². The molecule has 2 aromatic carbocycles. The standard InChI is InChI=1S/C14H16.2C2H6/c1-3-11(2)13-10-6-8-12-7-4-5-9-14(12)13;2*1-2/h4-11H,3H2,1-2H3;2*1-2H3. The zero-order valence-electron chi connectivity index (χ0n) is 12.8. The molecular formula is C18H28. The van der Waals surface area contributed by atoms with Gasteiger partial charge >= 0.3 is 0 Å². The van der Waals surface area contributed by atoms with E-state index in [0.717, 1.165) is 0 Å². The molecule has 0 aromatic heterocycles. The van der Waals surface area contributed by atoms with Gasteiger partial charge in [-0.1, -0.05) is 84.0 Å². The van der Waals surface area contributed by atoms with Gasteiger partial charge in [0, 0.05) is 0 Å². The van der Waals surface area contributed by atoms with Gasteiger partial charge in [0.25, 0.3) is 0 Å². The van der Waals surface area contributed by atoms with Crippen molar-refractivity contribution in [3.05, 3.63) is 48.0 Å². The molecule has 0 nitrogen and oxygen atoms in total. The van der Waals surface area contributed by atoms with Gasteiger partial charge in [0.15, 0.2) is 0 Å². The maximum absolute atomic E-state index is 2.29. The number of hydrogen-bond acceptors (Lipinski definition) is 0. The van der Waals surface area contributed by atoms with Crippen molar-refractivity contribution in [1.82, 2.24) is 0 Å². The van der Waals surface area contributed by atoms with Crippen molar-refractivity contribution in [2.45, 2.75) is 53.9 Å². The van der Waals surface area contributed by atoms with Crippen LogP contribution in [-0.4, -0.2) is 0 Å². The molecular weight excluding hydrogens is 216 g/mol. The lowest BCUT2D eigenvalue weighted by Gasteiger charge is -2.12. The molecule has 0 saturated heterocycles. The topological polar surface area (TPSA) is 0 Å². The normalized spacial score (nSPS) is 10.8. The summed E-state index contributed by atoms with van der Waals surface area (Å²) in [6, 6.07) is 15.2. The van der Waals surface area contributed by atoms with Gasteiger partial charge in [-0.15, -0.1) is 0 Å². The van der Waals surface area contributed by atoms with Crippen LogP contribution in [0.1, 0.15) is 59.4 Å². The molecule has 2 aromatic rings. The fraction of sp³-hybridized carbons (Fsp3) is 0.444. The van der Waals surface area contributed by atoms with Gasteiger partial charge in [-0.3, -0.25) is 0 Å². The second-order valence-electron chi connectivity index (χ2n) is 3.88. The molecule has 0 saturated carbocycles. The minimum atomic E-state index is 0.654. The highest BCUT2D eigenvalue weighted by atomic mass is 14.1. The van der Waals surface area contributed by atoms with Crippen LogP contribution in [0.15, 0.2) is 42.5 Å². The van der Waals surface area contributed by atoms with Crippen molar-refractivity contribution in [2.24, 2.45) is 0 Å². The van der Waals surface area contributed by atoms with Crippen LogP contribution in [0.3, 0.4) is 0 Å². The molecule has 0 bridgehead atoms. The van der Waals surface area contributed by atoms with E-state index in [2.05, 4.69) is 56.3 Å². The van der Waals surface area contributed by atoms with Gasteiger partial charge in [0.1, 0.15) is 0 Å². The Hall–Kier alpha value is -1.30. The summed E-state index contributed by atoms with van der Waals surface area (Å²) in [4.78, 5) is 0. The zero-order valence-corrected chi connectivity index (χ0v) is 12.8. The largest absolute Gasteiger partial charge is 0.0683 e. The highest BCUT2D eigenvalue weighted by molar-refractivity contribution is 5.86. The Balaban J connectivity index is 0.000000659. The molecule has 1 unspecified atom stereocenters. The molecule has 1 atom stereocenters. The van der Waals surface area contributed by atoms with Crippen LogP contribution < -0.4 is 0 Å². The van der Waals surface area contributed by atoms with Crippen LogP contribution in [0.4, 0.5) is 0 Å². The molecule has 0 fully saturated rings. The lowest BCUT2D eigenvalue weighted by molar-refractivity contribution is 0.740. The molecule has 18 heavy (non-hydrogen) atoms. The van der Waals surface area contributed by atoms with E-state index in [-0.39, 0.29) is 0 Å². The van der Waals surface area contributed by atoms with Gasteiger partial charge in [-0.25, -0.2) is 0 Å². The van der Waals surface area contributed by atoms with E-state index in [1.165, 1.54) is 22.8 Å². The third kappa shape index (κ3) is 4.18. The van der Waals surface area contributed by atoms with Crippen LogP contribution in [-0.2, 0) is 0 Å². The molecule has 100 valence electrons. The third-order valence-electron chi connectivity index (χ3n) is 2.97. The zero-order chi connectivity index (χ0) is 14.0. The minimum Gasteiger partial charge on any atom is -0.0683 e. The molecule has 0 spiro atoms. The fourth-order valence-electron chi connectivity index (χ4n) is 1.90. The van der Waals surface area contributed by atoms with Crippen molar-refractivity contribution in [3.63, 3.8) is 0 Å². The van der Waals surface area contributed by atoms with Crippen LogP contribution in [0.5, 0.6) is 0 Å². The summed E-state index contributed by atoms with van der Waals surface area (Å²) in [6.45, 7) is 12.5. The highest BCUT2D eigenvalue weighted by Gasteiger charge is 2.05. The van der Waals surface area contributed by atoms with E-state index >= 15 is 0 Å². The Morgan fingerprint density at radius 3 is 2.00 bits per heavy atom. The lowest BCUT2D eigenvalue weighted by atomic mass is 9.93. The third-order valence-corrected chi connectivity index (χ3v) is 2.97. The summed E-state index contributed by atoms with van der Waals surface area (Å²) >= 11 is 0. The van der Waals surface area contributed by atoms with Crippen molar-refractivity contribution in [3.8, 4) is 0 Å². The van der Waals surface area contributed by atoms with E-state index in [1.807, 2.05) is 27.7 Å². The molecule has 0 aliphatic carbocycles. The molecule has 0 heteroatoms. The van der Waals surface area contributed by atoms with E-state index in [4.69, 9.17) is 0 Å². The second-order valence-corrected chi connectivity index (χ2v) is 3.88. The van der Waals surface area contributed by atoms with Gasteiger partial charge in [-0.2, -0.15) is 0 Å². The van der Waals surface area contributed by atoms with E-state index in [9.17, 15) is 0 Å². The number of hydrogen-bond donors (Lipinski definition) is 0. The highest BCUT2D eigenvalue weighted by Crippen LogP contribution is 2.26. The Morgan fingerprint density at radius 1 is 0.833 bits per heavy atom. The Kier molecular flexibility index (Phi) is 9.00. The lowest BCUT2D eigenvalue weighted by Crippen LogP contribution is -1.92. The fourth-order valence-corrected chi connectivity index (χ4v) is 1.90. The quantitative estimate of drug-likeness (QED) is 0.573. The number of benzene rings is 2. The Bertz CT molecular complexity index is 423. The van der Waals surface area contributed by atoms with Gasteiger partial charge in [-0.05, 0) is 28.7 Å². The first-order valence-corrected chi connectivity index (χ1v) is 7.30. The van der Waals surface area contributed by atoms with Crippen molar-refractivity contribution >= 4 is 10.8 Å². The van der Waals surface area contributed by atoms with Crippen molar-refractivity contribution in [1.29, 1.82) is 0 Å². The number of fused-ring (bicyclic) bond motifs is 1. The summed E-state index contributed by atoms with van der Waals surface area (Å²) in [6.07, 6.45) is 1.20. The molecule has 0 aliphatic heterocycles. The van der Waals surface area contributed by atoms with Gasteiger partial charge in [0.05, 0.1) is 0 Å². The SMILES string of the molecule is CC.CC.CCC(C)c1cccc2ccccc12. The van der Waals surface area contributed by atoms with Gasteiger partial charge < -0.3 is 0 Å². The first kappa shape index (κ1) is 16.7. The molecule has 0 radical (unpaired) electrons. The van der Waals surface area contributed by atoms with E-state index in [1.54, 1.807) is 0 Å². The predicted molar refractivity (Wildman–Crippen MR) is 85.4 cm³/mol. The Labute approximate surface area is 113 Å². The predicted octanol–water partition coefficient (Wildman–Crippen LogP) is 6.41. The average Bonchev–Trinajstić information content (AvgIpc) is 2.50. The molecule has 0 amide bonds. The molecule has 2 rings (SSSR count). The summed E-state index contributed by atoms with van der Waals surface area (Å²) in [5.74, 6) is 0.654. The van der Waals surface area contributed by atoms with E-state index in [0.29, 0.717) is 5.92 Å². The molecule has 0 N–H and O–H groups in total. The first-order valence-electron chi connectivity index (χ1n) is 7.30. The van der Waals surface area contributed by atoms with Crippen LogP contribution >= 0.6 is 0 Å². The Morgan fingerprint density at radius 2 is 1.39 bits per heavy atom. The summed E-state index contributed by atoms with van der Waals surface area (Å²) in [5, 5.41) is 2.76.